The lowest BCUT2D eigenvalue weighted by atomic mass is 10.1. The SMILES string of the molecule is Cn1cccc1C(CNS(=O)(=O)Cc1cccc(Cl)c1)N1CCOCC1. The molecule has 1 saturated heterocycles. The molecule has 1 aliphatic heterocycles. The molecule has 0 bridgehead atoms. The molecule has 3 rings (SSSR count). The lowest BCUT2D eigenvalue weighted by Crippen LogP contribution is -2.44. The van der Waals surface area contributed by atoms with Gasteiger partial charge < -0.3 is 9.30 Å². The van der Waals surface area contributed by atoms with Gasteiger partial charge in [0.25, 0.3) is 0 Å². The number of nitrogens with zero attached hydrogens (tertiary/aromatic N) is 2. The second kappa shape index (κ2) is 8.54. The van der Waals surface area contributed by atoms with Crippen LogP contribution in [-0.4, -0.2) is 50.7 Å². The number of nitrogens with one attached hydrogen (secondary N) is 1. The number of hydrogen-bond donors (Lipinski definition) is 1. The number of ether oxygens (including phenoxy) is 1. The number of sulfonamides is 1. The van der Waals surface area contributed by atoms with Gasteiger partial charge in [-0.3, -0.25) is 4.90 Å². The highest BCUT2D eigenvalue weighted by Gasteiger charge is 2.26. The second-order valence-corrected chi connectivity index (χ2v) is 8.69. The largest absolute Gasteiger partial charge is 0.379 e. The van der Waals surface area contributed by atoms with Gasteiger partial charge in [-0.15, -0.1) is 0 Å². The van der Waals surface area contributed by atoms with Crippen molar-refractivity contribution in [3.8, 4) is 0 Å². The summed E-state index contributed by atoms with van der Waals surface area (Å²) in [4.78, 5) is 2.26. The molecule has 1 fully saturated rings. The van der Waals surface area contributed by atoms with Gasteiger partial charge >= 0.3 is 0 Å². The van der Waals surface area contributed by atoms with Crippen molar-refractivity contribution in [1.29, 1.82) is 0 Å². The van der Waals surface area contributed by atoms with E-state index in [0.717, 1.165) is 18.8 Å². The highest BCUT2D eigenvalue weighted by molar-refractivity contribution is 7.88. The maximum absolute atomic E-state index is 12.5. The standard InChI is InChI=1S/C18H24ClN3O3S/c1-21-7-3-6-17(21)18(22-8-10-25-11-9-22)13-20-26(23,24)14-15-4-2-5-16(19)12-15/h2-7,12,18,20H,8-11,13-14H2,1H3. The Morgan fingerprint density at radius 2 is 2.00 bits per heavy atom. The number of rotatable bonds is 7. The lowest BCUT2D eigenvalue weighted by Gasteiger charge is -2.34. The van der Waals surface area contributed by atoms with Gasteiger partial charge in [0.2, 0.25) is 10.0 Å². The van der Waals surface area contributed by atoms with Crippen LogP contribution in [0, 0.1) is 0 Å². The van der Waals surface area contributed by atoms with E-state index in [1.807, 2.05) is 29.9 Å². The van der Waals surface area contributed by atoms with E-state index in [0.29, 0.717) is 30.3 Å². The second-order valence-electron chi connectivity index (χ2n) is 6.45. The van der Waals surface area contributed by atoms with Crippen LogP contribution in [0.4, 0.5) is 0 Å². The molecule has 1 aliphatic rings. The van der Waals surface area contributed by atoms with Crippen molar-refractivity contribution in [3.05, 3.63) is 58.9 Å². The van der Waals surface area contributed by atoms with Crippen molar-refractivity contribution < 1.29 is 13.2 Å². The van der Waals surface area contributed by atoms with Crippen LogP contribution in [0.1, 0.15) is 17.3 Å². The van der Waals surface area contributed by atoms with E-state index in [4.69, 9.17) is 16.3 Å². The van der Waals surface area contributed by atoms with Crippen LogP contribution in [0.15, 0.2) is 42.6 Å². The fourth-order valence-corrected chi connectivity index (χ4v) is 4.58. The first-order valence-electron chi connectivity index (χ1n) is 8.59. The van der Waals surface area contributed by atoms with Gasteiger partial charge in [-0.1, -0.05) is 23.7 Å². The molecule has 1 unspecified atom stereocenters. The minimum atomic E-state index is -3.46. The van der Waals surface area contributed by atoms with E-state index in [9.17, 15) is 8.42 Å². The number of halogens is 1. The summed E-state index contributed by atoms with van der Waals surface area (Å²) >= 11 is 5.95. The lowest BCUT2D eigenvalue weighted by molar-refractivity contribution is 0.0158. The first-order valence-corrected chi connectivity index (χ1v) is 10.6. The molecule has 0 saturated carbocycles. The predicted molar refractivity (Wildman–Crippen MR) is 103 cm³/mol. The van der Waals surface area contributed by atoms with E-state index in [1.54, 1.807) is 24.3 Å². The molecule has 0 spiro atoms. The molecular formula is C18H24ClN3O3S. The zero-order valence-corrected chi connectivity index (χ0v) is 16.3. The van der Waals surface area contributed by atoms with Crippen molar-refractivity contribution in [3.63, 3.8) is 0 Å². The summed E-state index contributed by atoms with van der Waals surface area (Å²) in [5, 5.41) is 0.535. The van der Waals surface area contributed by atoms with E-state index < -0.39 is 10.0 Å². The molecule has 1 aromatic carbocycles. The molecule has 8 heteroatoms. The average molecular weight is 398 g/mol. The Labute approximate surface area is 159 Å². The van der Waals surface area contributed by atoms with Crippen molar-refractivity contribution in [1.82, 2.24) is 14.2 Å². The van der Waals surface area contributed by atoms with E-state index in [2.05, 4.69) is 9.62 Å². The average Bonchev–Trinajstić information content (AvgIpc) is 3.01. The minimum absolute atomic E-state index is 0.0342. The molecule has 6 nitrogen and oxygen atoms in total. The minimum Gasteiger partial charge on any atom is -0.379 e. The Balaban J connectivity index is 1.71. The fourth-order valence-electron chi connectivity index (χ4n) is 3.23. The topological polar surface area (TPSA) is 63.6 Å². The van der Waals surface area contributed by atoms with Crippen LogP contribution >= 0.6 is 11.6 Å². The molecule has 26 heavy (non-hydrogen) atoms. The summed E-state index contributed by atoms with van der Waals surface area (Å²) in [5.41, 5.74) is 1.75. The molecular weight excluding hydrogens is 374 g/mol. The molecule has 142 valence electrons. The molecule has 1 atom stereocenters. The van der Waals surface area contributed by atoms with Crippen LogP contribution in [0.25, 0.3) is 0 Å². The highest BCUT2D eigenvalue weighted by atomic mass is 35.5. The van der Waals surface area contributed by atoms with Crippen LogP contribution in [0.3, 0.4) is 0 Å². The van der Waals surface area contributed by atoms with Crippen LogP contribution in [0.2, 0.25) is 5.02 Å². The molecule has 1 N–H and O–H groups in total. The Morgan fingerprint density at radius 3 is 2.65 bits per heavy atom. The van der Waals surface area contributed by atoms with Crippen molar-refractivity contribution in [2.45, 2.75) is 11.8 Å². The number of benzene rings is 1. The monoisotopic (exact) mass is 397 g/mol. The number of morpholine rings is 1. The van der Waals surface area contributed by atoms with Crippen LogP contribution in [0.5, 0.6) is 0 Å². The Bertz CT molecular complexity index is 832. The Hall–Kier alpha value is -1.38. The highest BCUT2D eigenvalue weighted by Crippen LogP contribution is 2.22. The Kier molecular flexibility index (Phi) is 6.37. The summed E-state index contributed by atoms with van der Waals surface area (Å²) in [7, 11) is -1.49. The molecule has 2 aromatic rings. The molecule has 0 radical (unpaired) electrons. The number of hydrogen-bond acceptors (Lipinski definition) is 4. The maximum atomic E-state index is 12.5. The smallest absolute Gasteiger partial charge is 0.215 e. The van der Waals surface area contributed by atoms with Gasteiger partial charge in [0.05, 0.1) is 25.0 Å². The number of aromatic nitrogens is 1. The van der Waals surface area contributed by atoms with Crippen molar-refractivity contribution >= 4 is 21.6 Å². The molecule has 1 aromatic heterocycles. The first kappa shape index (κ1) is 19.4. The van der Waals surface area contributed by atoms with E-state index in [-0.39, 0.29) is 11.8 Å². The fraction of sp³-hybridized carbons (Fsp3) is 0.444. The summed E-state index contributed by atoms with van der Waals surface area (Å²) in [5.74, 6) is -0.0868. The van der Waals surface area contributed by atoms with Crippen LogP contribution < -0.4 is 4.72 Å². The third-order valence-electron chi connectivity index (χ3n) is 4.55. The van der Waals surface area contributed by atoms with Crippen molar-refractivity contribution in [2.24, 2.45) is 7.05 Å². The predicted octanol–water partition coefficient (Wildman–Crippen LogP) is 2.17. The summed E-state index contributed by atoms with van der Waals surface area (Å²) in [6, 6.07) is 10.9. The van der Waals surface area contributed by atoms with Gasteiger partial charge in [0.15, 0.2) is 0 Å². The summed E-state index contributed by atoms with van der Waals surface area (Å²) in [6.07, 6.45) is 1.98. The van der Waals surface area contributed by atoms with Gasteiger partial charge in [-0.25, -0.2) is 13.1 Å². The zero-order chi connectivity index (χ0) is 18.6. The zero-order valence-electron chi connectivity index (χ0n) is 14.8. The maximum Gasteiger partial charge on any atom is 0.215 e. The van der Waals surface area contributed by atoms with E-state index in [1.165, 1.54) is 0 Å². The molecule has 0 aliphatic carbocycles. The third-order valence-corrected chi connectivity index (χ3v) is 6.11. The van der Waals surface area contributed by atoms with Gasteiger partial charge in [0.1, 0.15) is 0 Å². The van der Waals surface area contributed by atoms with Gasteiger partial charge in [0, 0.05) is 43.6 Å². The number of aryl methyl sites for hydroxylation is 1. The van der Waals surface area contributed by atoms with Gasteiger partial charge in [-0.05, 0) is 29.8 Å². The van der Waals surface area contributed by atoms with Gasteiger partial charge in [-0.2, -0.15) is 0 Å². The Morgan fingerprint density at radius 1 is 1.23 bits per heavy atom. The summed E-state index contributed by atoms with van der Waals surface area (Å²) in [6.45, 7) is 3.21. The third kappa shape index (κ3) is 5.08. The quantitative estimate of drug-likeness (QED) is 0.777. The summed E-state index contributed by atoms with van der Waals surface area (Å²) < 4.78 is 35.3. The molecule has 2 heterocycles. The van der Waals surface area contributed by atoms with Crippen molar-refractivity contribution in [2.75, 3.05) is 32.8 Å². The van der Waals surface area contributed by atoms with Crippen LogP contribution in [-0.2, 0) is 27.6 Å². The first-order chi connectivity index (χ1) is 12.4. The van der Waals surface area contributed by atoms with E-state index >= 15 is 0 Å². The molecule has 0 amide bonds. The normalized spacial score (nSPS) is 17.3.